The molecule has 3 amide bonds. The number of hydrogen-bond acceptors (Lipinski definition) is 4. The number of amides is 3. The Balaban J connectivity index is 1.92. The topological polar surface area (TPSA) is 78.9 Å². The standard InChI is InChI=1S/C17H24N2O4/c1-11(2)17(4)15(21)19(16(22)18-17)9-13(20)10-23-14-7-5-12(3)6-8-14/h5-8,11,13,20H,9-10H2,1-4H3,(H,18,22)/t13-,17-/m1/s1. The van der Waals surface area contributed by atoms with E-state index in [1.54, 1.807) is 6.92 Å². The van der Waals surface area contributed by atoms with Gasteiger partial charge >= 0.3 is 6.03 Å². The van der Waals surface area contributed by atoms with Crippen LogP contribution < -0.4 is 10.1 Å². The van der Waals surface area contributed by atoms with Gasteiger partial charge in [-0.05, 0) is 31.9 Å². The van der Waals surface area contributed by atoms with Crippen molar-refractivity contribution in [2.24, 2.45) is 5.92 Å². The van der Waals surface area contributed by atoms with Crippen molar-refractivity contribution in [3.05, 3.63) is 29.8 Å². The van der Waals surface area contributed by atoms with Crippen molar-refractivity contribution in [3.63, 3.8) is 0 Å². The van der Waals surface area contributed by atoms with Crippen LogP contribution >= 0.6 is 0 Å². The molecule has 0 bridgehead atoms. The van der Waals surface area contributed by atoms with Crippen LogP contribution in [-0.4, -0.2) is 46.7 Å². The van der Waals surface area contributed by atoms with Crippen LogP contribution in [0.5, 0.6) is 5.75 Å². The van der Waals surface area contributed by atoms with Gasteiger partial charge in [-0.2, -0.15) is 0 Å². The Bertz CT molecular complexity index is 585. The number of β-amino-alcohol motifs (C(OH)–C–C–N with tert-alkyl or cyclic N) is 1. The van der Waals surface area contributed by atoms with Gasteiger partial charge in [0.1, 0.15) is 24.0 Å². The lowest BCUT2D eigenvalue weighted by Crippen LogP contribution is -2.49. The number of nitrogens with one attached hydrogen (secondary N) is 1. The summed E-state index contributed by atoms with van der Waals surface area (Å²) in [5.74, 6) is 0.288. The fraction of sp³-hybridized carbons (Fsp3) is 0.529. The molecule has 0 aromatic heterocycles. The first-order chi connectivity index (χ1) is 10.7. The van der Waals surface area contributed by atoms with Gasteiger partial charge in [-0.3, -0.25) is 9.69 Å². The van der Waals surface area contributed by atoms with E-state index in [1.165, 1.54) is 0 Å². The van der Waals surface area contributed by atoms with E-state index in [-0.39, 0.29) is 25.0 Å². The molecule has 1 aliphatic heterocycles. The lowest BCUT2D eigenvalue weighted by molar-refractivity contribution is -0.133. The molecule has 0 radical (unpaired) electrons. The van der Waals surface area contributed by atoms with Gasteiger partial charge in [0.2, 0.25) is 0 Å². The molecule has 1 aromatic rings. The molecule has 0 saturated carbocycles. The molecule has 6 nitrogen and oxygen atoms in total. The highest BCUT2D eigenvalue weighted by Gasteiger charge is 2.49. The largest absolute Gasteiger partial charge is 0.491 e. The second-order valence-electron chi connectivity index (χ2n) is 6.48. The minimum atomic E-state index is -0.944. The van der Waals surface area contributed by atoms with Crippen molar-refractivity contribution in [2.75, 3.05) is 13.2 Å². The number of aryl methyl sites for hydroxylation is 1. The monoisotopic (exact) mass is 320 g/mol. The maximum Gasteiger partial charge on any atom is 0.325 e. The van der Waals surface area contributed by atoms with Crippen LogP contribution in [0.2, 0.25) is 0 Å². The van der Waals surface area contributed by atoms with Crippen molar-refractivity contribution in [3.8, 4) is 5.75 Å². The third-order valence-corrected chi connectivity index (χ3v) is 4.31. The summed E-state index contributed by atoms with van der Waals surface area (Å²) in [5.41, 5.74) is 0.194. The summed E-state index contributed by atoms with van der Waals surface area (Å²) in [4.78, 5) is 25.5. The predicted octanol–water partition coefficient (Wildman–Crippen LogP) is 1.70. The Hall–Kier alpha value is -2.08. The van der Waals surface area contributed by atoms with Crippen LogP contribution in [0.1, 0.15) is 26.3 Å². The molecule has 1 saturated heterocycles. The maximum atomic E-state index is 12.4. The number of urea groups is 1. The van der Waals surface area contributed by atoms with Crippen molar-refractivity contribution in [1.82, 2.24) is 10.2 Å². The predicted molar refractivity (Wildman–Crippen MR) is 86.2 cm³/mol. The minimum Gasteiger partial charge on any atom is -0.491 e. The summed E-state index contributed by atoms with van der Waals surface area (Å²) in [6.07, 6.45) is -0.944. The van der Waals surface area contributed by atoms with Gasteiger partial charge in [-0.15, -0.1) is 0 Å². The fourth-order valence-electron chi connectivity index (χ4n) is 2.36. The van der Waals surface area contributed by atoms with Crippen molar-refractivity contribution < 1.29 is 19.4 Å². The molecular formula is C17H24N2O4. The van der Waals surface area contributed by atoms with Crippen molar-refractivity contribution >= 4 is 11.9 Å². The maximum absolute atomic E-state index is 12.4. The molecule has 23 heavy (non-hydrogen) atoms. The highest BCUT2D eigenvalue weighted by Crippen LogP contribution is 2.25. The number of hydrogen-bond donors (Lipinski definition) is 2. The van der Waals surface area contributed by atoms with E-state index in [1.807, 2.05) is 45.0 Å². The molecule has 1 aromatic carbocycles. The first kappa shape index (κ1) is 17.3. The van der Waals surface area contributed by atoms with Gasteiger partial charge in [-0.1, -0.05) is 31.5 Å². The number of ether oxygens (including phenoxy) is 1. The number of aliphatic hydroxyl groups is 1. The molecule has 1 aliphatic rings. The van der Waals surface area contributed by atoms with E-state index in [0.29, 0.717) is 5.75 Å². The molecule has 1 heterocycles. The van der Waals surface area contributed by atoms with Gasteiger partial charge in [0, 0.05) is 0 Å². The molecular weight excluding hydrogens is 296 g/mol. The van der Waals surface area contributed by atoms with Gasteiger partial charge in [-0.25, -0.2) is 4.79 Å². The molecule has 0 aliphatic carbocycles. The Labute approximate surface area is 136 Å². The van der Waals surface area contributed by atoms with Gasteiger partial charge < -0.3 is 15.2 Å². The average Bonchev–Trinajstić information content (AvgIpc) is 2.71. The lowest BCUT2D eigenvalue weighted by Gasteiger charge is -2.26. The van der Waals surface area contributed by atoms with E-state index in [2.05, 4.69) is 5.32 Å². The van der Waals surface area contributed by atoms with Gasteiger partial charge in [0.05, 0.1) is 6.54 Å². The van der Waals surface area contributed by atoms with Gasteiger partial charge in [0.25, 0.3) is 5.91 Å². The second-order valence-corrected chi connectivity index (χ2v) is 6.48. The summed E-state index contributed by atoms with van der Waals surface area (Å²) in [7, 11) is 0. The second kappa shape index (κ2) is 6.58. The van der Waals surface area contributed by atoms with E-state index >= 15 is 0 Å². The highest BCUT2D eigenvalue weighted by atomic mass is 16.5. The normalized spacial score (nSPS) is 22.4. The van der Waals surface area contributed by atoms with E-state index in [4.69, 9.17) is 4.74 Å². The summed E-state index contributed by atoms with van der Waals surface area (Å²) in [6, 6.07) is 6.97. The molecule has 2 rings (SSSR count). The summed E-state index contributed by atoms with van der Waals surface area (Å²) in [5, 5.41) is 12.8. The first-order valence-electron chi connectivity index (χ1n) is 7.75. The van der Waals surface area contributed by atoms with E-state index in [0.717, 1.165) is 10.5 Å². The smallest absolute Gasteiger partial charge is 0.325 e. The quantitative estimate of drug-likeness (QED) is 0.782. The lowest BCUT2D eigenvalue weighted by atomic mass is 9.88. The molecule has 0 unspecified atom stereocenters. The van der Waals surface area contributed by atoms with Crippen LogP contribution in [0.15, 0.2) is 24.3 Å². The van der Waals surface area contributed by atoms with Crippen LogP contribution in [-0.2, 0) is 4.79 Å². The molecule has 2 atom stereocenters. The number of carbonyl (C=O) groups excluding carboxylic acids is 2. The zero-order valence-electron chi connectivity index (χ0n) is 14.0. The third kappa shape index (κ3) is 3.64. The minimum absolute atomic E-state index is 0.0124. The number of benzene rings is 1. The number of rotatable bonds is 6. The summed E-state index contributed by atoms with van der Waals surface area (Å²) >= 11 is 0. The Kier molecular flexibility index (Phi) is 4.94. The SMILES string of the molecule is Cc1ccc(OC[C@H](O)CN2C(=O)N[C@](C)(C(C)C)C2=O)cc1. The first-order valence-corrected chi connectivity index (χ1v) is 7.75. The van der Waals surface area contributed by atoms with E-state index < -0.39 is 17.7 Å². The molecule has 2 N–H and O–H groups in total. The molecule has 126 valence electrons. The van der Waals surface area contributed by atoms with Crippen LogP contribution in [0.25, 0.3) is 0 Å². The van der Waals surface area contributed by atoms with Crippen molar-refractivity contribution in [2.45, 2.75) is 39.3 Å². The zero-order valence-corrected chi connectivity index (χ0v) is 14.0. The molecule has 0 spiro atoms. The summed E-state index contributed by atoms with van der Waals surface area (Å²) < 4.78 is 5.48. The van der Waals surface area contributed by atoms with Gasteiger partial charge in [0.15, 0.2) is 0 Å². The number of aliphatic hydroxyl groups excluding tert-OH is 1. The highest BCUT2D eigenvalue weighted by molar-refractivity contribution is 6.06. The number of imide groups is 1. The summed E-state index contributed by atoms with van der Waals surface area (Å²) in [6.45, 7) is 7.35. The average molecular weight is 320 g/mol. The third-order valence-electron chi connectivity index (χ3n) is 4.31. The fourth-order valence-corrected chi connectivity index (χ4v) is 2.36. The zero-order chi connectivity index (χ0) is 17.2. The number of carbonyl (C=O) groups is 2. The van der Waals surface area contributed by atoms with Crippen LogP contribution in [0.3, 0.4) is 0 Å². The Morgan fingerprint density at radius 1 is 1.26 bits per heavy atom. The molecule has 6 heteroatoms. The number of nitrogens with zero attached hydrogens (tertiary/aromatic N) is 1. The van der Waals surface area contributed by atoms with E-state index in [9.17, 15) is 14.7 Å². The Morgan fingerprint density at radius 2 is 1.87 bits per heavy atom. The van der Waals surface area contributed by atoms with Crippen molar-refractivity contribution in [1.29, 1.82) is 0 Å². The Morgan fingerprint density at radius 3 is 2.39 bits per heavy atom. The van der Waals surface area contributed by atoms with Crippen LogP contribution in [0, 0.1) is 12.8 Å². The van der Waals surface area contributed by atoms with Crippen LogP contribution in [0.4, 0.5) is 4.79 Å². The molecule has 1 fully saturated rings.